The van der Waals surface area contributed by atoms with Crippen LogP contribution in [-0.2, 0) is 0 Å². The molecule has 2 atom stereocenters. The topological polar surface area (TPSA) is 28.2 Å². The van der Waals surface area contributed by atoms with E-state index in [1.165, 1.54) is 22.7 Å². The normalized spacial score (nSPS) is 22.7. The average Bonchev–Trinajstić information content (AvgIpc) is 2.95. The van der Waals surface area contributed by atoms with E-state index in [2.05, 4.69) is 48.5 Å². The molecule has 1 fully saturated rings. The Labute approximate surface area is 112 Å². The molecule has 1 N–H and O–H groups in total. The summed E-state index contributed by atoms with van der Waals surface area (Å²) in [5.74, 6) is 0. The van der Waals surface area contributed by atoms with Crippen LogP contribution in [0, 0.1) is 0 Å². The zero-order chi connectivity index (χ0) is 12.5. The fourth-order valence-electron chi connectivity index (χ4n) is 2.57. The van der Waals surface area contributed by atoms with Crippen molar-refractivity contribution in [3.05, 3.63) is 29.3 Å². The first-order valence-electron chi connectivity index (χ1n) is 6.52. The first-order valence-corrected chi connectivity index (χ1v) is 7.34. The Morgan fingerprint density at radius 1 is 1.44 bits per heavy atom. The number of likely N-dealkylation sites (tertiary alicyclic amines) is 1. The van der Waals surface area contributed by atoms with E-state index in [9.17, 15) is 0 Å². The highest BCUT2D eigenvalue weighted by molar-refractivity contribution is 7.18. The molecular formula is C14H19N3S. The third kappa shape index (κ3) is 2.41. The number of rotatable bonds is 3. The predicted molar refractivity (Wildman–Crippen MR) is 77.1 cm³/mol. The minimum atomic E-state index is 0.346. The summed E-state index contributed by atoms with van der Waals surface area (Å²) in [6.45, 7) is 4.56. The summed E-state index contributed by atoms with van der Waals surface area (Å²) in [5, 5.41) is 4.89. The molecule has 96 valence electrons. The summed E-state index contributed by atoms with van der Waals surface area (Å²) in [4.78, 5) is 7.09. The van der Waals surface area contributed by atoms with Crippen molar-refractivity contribution in [1.29, 1.82) is 0 Å². The summed E-state index contributed by atoms with van der Waals surface area (Å²) < 4.78 is 1.28. The predicted octanol–water partition coefficient (Wildman–Crippen LogP) is 2.65. The molecule has 1 aliphatic rings. The van der Waals surface area contributed by atoms with Gasteiger partial charge in [0.05, 0.1) is 16.3 Å². The molecule has 18 heavy (non-hydrogen) atoms. The molecule has 1 saturated heterocycles. The van der Waals surface area contributed by atoms with E-state index in [4.69, 9.17) is 4.98 Å². The smallest absolute Gasteiger partial charge is 0.111 e. The maximum atomic E-state index is 4.72. The van der Waals surface area contributed by atoms with E-state index in [-0.39, 0.29) is 0 Å². The summed E-state index contributed by atoms with van der Waals surface area (Å²) in [5.41, 5.74) is 1.12. The molecule has 2 aromatic rings. The van der Waals surface area contributed by atoms with Crippen LogP contribution in [0.4, 0.5) is 0 Å². The van der Waals surface area contributed by atoms with E-state index < -0.39 is 0 Å². The second-order valence-electron chi connectivity index (χ2n) is 5.16. The van der Waals surface area contributed by atoms with E-state index in [1.54, 1.807) is 11.3 Å². The van der Waals surface area contributed by atoms with Crippen molar-refractivity contribution in [2.24, 2.45) is 0 Å². The first-order chi connectivity index (χ1) is 8.72. The summed E-state index contributed by atoms with van der Waals surface area (Å²) >= 11 is 1.80. The molecule has 0 amide bonds. The Kier molecular flexibility index (Phi) is 3.33. The molecule has 1 aliphatic heterocycles. The molecule has 2 unspecified atom stereocenters. The van der Waals surface area contributed by atoms with Gasteiger partial charge in [-0.3, -0.25) is 0 Å². The zero-order valence-corrected chi connectivity index (χ0v) is 11.7. The van der Waals surface area contributed by atoms with Gasteiger partial charge in [-0.2, -0.15) is 0 Å². The Hall–Kier alpha value is -0.970. The average molecular weight is 261 g/mol. The van der Waals surface area contributed by atoms with Gasteiger partial charge in [-0.25, -0.2) is 4.98 Å². The molecule has 0 aliphatic carbocycles. The van der Waals surface area contributed by atoms with E-state index in [1.807, 2.05) is 0 Å². The number of para-hydroxylation sites is 1. The second kappa shape index (κ2) is 4.96. The Bertz CT molecular complexity index is 504. The van der Waals surface area contributed by atoms with Crippen LogP contribution in [0.3, 0.4) is 0 Å². The van der Waals surface area contributed by atoms with Crippen molar-refractivity contribution >= 4 is 21.6 Å². The zero-order valence-electron chi connectivity index (χ0n) is 10.9. The van der Waals surface area contributed by atoms with Crippen LogP contribution in [0.2, 0.25) is 0 Å². The SMILES string of the molecule is CC(NC1CCN(C)C1)c1nc2ccccc2s1. The summed E-state index contributed by atoms with van der Waals surface area (Å²) in [6.07, 6.45) is 1.24. The Morgan fingerprint density at radius 2 is 2.28 bits per heavy atom. The molecule has 3 nitrogen and oxygen atoms in total. The largest absolute Gasteiger partial charge is 0.305 e. The van der Waals surface area contributed by atoms with E-state index >= 15 is 0 Å². The van der Waals surface area contributed by atoms with Gasteiger partial charge in [-0.15, -0.1) is 11.3 Å². The van der Waals surface area contributed by atoms with Crippen LogP contribution in [0.25, 0.3) is 10.2 Å². The van der Waals surface area contributed by atoms with Crippen LogP contribution >= 0.6 is 11.3 Å². The molecule has 0 spiro atoms. The third-order valence-electron chi connectivity index (χ3n) is 3.56. The van der Waals surface area contributed by atoms with E-state index in [0.29, 0.717) is 12.1 Å². The third-order valence-corrected chi connectivity index (χ3v) is 4.78. The van der Waals surface area contributed by atoms with E-state index in [0.717, 1.165) is 12.1 Å². The highest BCUT2D eigenvalue weighted by Crippen LogP contribution is 2.26. The van der Waals surface area contributed by atoms with Crippen molar-refractivity contribution in [3.63, 3.8) is 0 Å². The maximum Gasteiger partial charge on any atom is 0.111 e. The van der Waals surface area contributed by atoms with Gasteiger partial charge in [0.15, 0.2) is 0 Å². The van der Waals surface area contributed by atoms with Gasteiger partial charge in [0.1, 0.15) is 5.01 Å². The van der Waals surface area contributed by atoms with Crippen molar-refractivity contribution in [2.45, 2.75) is 25.4 Å². The van der Waals surface area contributed by atoms with Crippen LogP contribution in [0.1, 0.15) is 24.4 Å². The fourth-order valence-corrected chi connectivity index (χ4v) is 3.55. The van der Waals surface area contributed by atoms with Gasteiger partial charge in [0.2, 0.25) is 0 Å². The van der Waals surface area contributed by atoms with Gasteiger partial charge in [0.25, 0.3) is 0 Å². The fraction of sp³-hybridized carbons (Fsp3) is 0.500. The van der Waals surface area contributed by atoms with Crippen molar-refractivity contribution < 1.29 is 0 Å². The number of hydrogen-bond acceptors (Lipinski definition) is 4. The number of nitrogens with one attached hydrogen (secondary N) is 1. The molecule has 0 bridgehead atoms. The van der Waals surface area contributed by atoms with Crippen LogP contribution in [0.15, 0.2) is 24.3 Å². The number of nitrogens with zero attached hydrogens (tertiary/aromatic N) is 2. The summed E-state index contributed by atoms with van der Waals surface area (Å²) in [6, 6.07) is 9.32. The molecular weight excluding hydrogens is 242 g/mol. The number of thiazole rings is 1. The van der Waals surface area contributed by atoms with Gasteiger partial charge >= 0.3 is 0 Å². The second-order valence-corrected chi connectivity index (χ2v) is 6.22. The molecule has 0 radical (unpaired) electrons. The minimum absolute atomic E-state index is 0.346. The van der Waals surface area contributed by atoms with Crippen molar-refractivity contribution in [2.75, 3.05) is 20.1 Å². The molecule has 2 heterocycles. The Balaban J connectivity index is 1.73. The number of aromatic nitrogens is 1. The lowest BCUT2D eigenvalue weighted by molar-refractivity contribution is 0.387. The standard InChI is InChI=1S/C14H19N3S/c1-10(15-11-7-8-17(2)9-11)14-16-12-5-3-4-6-13(12)18-14/h3-6,10-11,15H,7-9H2,1-2H3. The lowest BCUT2D eigenvalue weighted by atomic mass is 10.2. The molecule has 1 aromatic carbocycles. The van der Waals surface area contributed by atoms with Gasteiger partial charge < -0.3 is 10.2 Å². The monoisotopic (exact) mass is 261 g/mol. The minimum Gasteiger partial charge on any atom is -0.305 e. The number of hydrogen-bond donors (Lipinski definition) is 1. The summed E-state index contributed by atoms with van der Waals surface area (Å²) in [7, 11) is 2.18. The number of benzene rings is 1. The molecule has 1 aromatic heterocycles. The molecule has 4 heteroatoms. The first kappa shape index (κ1) is 12.1. The Morgan fingerprint density at radius 3 is 3.00 bits per heavy atom. The highest BCUT2D eigenvalue weighted by atomic mass is 32.1. The van der Waals surface area contributed by atoms with Gasteiger partial charge in [0, 0.05) is 12.6 Å². The van der Waals surface area contributed by atoms with Crippen LogP contribution < -0.4 is 5.32 Å². The van der Waals surface area contributed by atoms with Crippen molar-refractivity contribution in [3.8, 4) is 0 Å². The maximum absolute atomic E-state index is 4.72. The molecule has 3 rings (SSSR count). The lowest BCUT2D eigenvalue weighted by Gasteiger charge is -2.17. The van der Waals surface area contributed by atoms with Gasteiger partial charge in [-0.1, -0.05) is 12.1 Å². The number of likely N-dealkylation sites (N-methyl/N-ethyl adjacent to an activating group) is 1. The molecule has 0 saturated carbocycles. The van der Waals surface area contributed by atoms with Crippen LogP contribution in [0.5, 0.6) is 0 Å². The van der Waals surface area contributed by atoms with Gasteiger partial charge in [-0.05, 0) is 39.1 Å². The number of fused-ring (bicyclic) bond motifs is 1. The lowest BCUT2D eigenvalue weighted by Crippen LogP contribution is -2.33. The highest BCUT2D eigenvalue weighted by Gasteiger charge is 2.22. The van der Waals surface area contributed by atoms with Crippen molar-refractivity contribution in [1.82, 2.24) is 15.2 Å². The van der Waals surface area contributed by atoms with Crippen LogP contribution in [-0.4, -0.2) is 36.1 Å². The quantitative estimate of drug-likeness (QED) is 0.920.